The van der Waals surface area contributed by atoms with Crippen LogP contribution in [0.1, 0.15) is 39.5 Å². The Morgan fingerprint density at radius 1 is 1.26 bits per heavy atom. The van der Waals surface area contributed by atoms with Gasteiger partial charge >= 0.3 is 0 Å². The second-order valence-corrected chi connectivity index (χ2v) is 10.8. The van der Waals surface area contributed by atoms with Crippen LogP contribution in [0.4, 0.5) is 5.69 Å². The van der Waals surface area contributed by atoms with E-state index < -0.39 is 11.2 Å². The van der Waals surface area contributed by atoms with Crippen LogP contribution in [0.2, 0.25) is 0 Å². The summed E-state index contributed by atoms with van der Waals surface area (Å²) in [5.74, 6) is 0.955. The van der Waals surface area contributed by atoms with E-state index in [2.05, 4.69) is 15.9 Å². The molecule has 1 amide bonds. The molecule has 3 heterocycles. The van der Waals surface area contributed by atoms with E-state index >= 15 is 0 Å². The number of hydrogen-bond donors (Lipinski definition) is 2. The van der Waals surface area contributed by atoms with Crippen LogP contribution >= 0.6 is 0 Å². The normalized spacial score (nSPS) is 31.9. The lowest BCUT2D eigenvalue weighted by atomic mass is 9.81. The maximum Gasteiger partial charge on any atom is 0.219 e. The number of benzene rings is 1. The van der Waals surface area contributed by atoms with Crippen molar-refractivity contribution in [3.8, 4) is 5.75 Å². The maximum absolute atomic E-state index is 11.9. The summed E-state index contributed by atoms with van der Waals surface area (Å²) in [5, 5.41) is 22.7. The SMILES string of the molecule is COc1cccc(N2CCC(O)(CN3CC[C@H]4OC[C@@H](N(C)C(C)=O)[C@](C)(O)C[C@H]4C3)CC2)c1. The summed E-state index contributed by atoms with van der Waals surface area (Å²) < 4.78 is 11.6. The van der Waals surface area contributed by atoms with Crippen LogP contribution in [-0.2, 0) is 9.53 Å². The summed E-state index contributed by atoms with van der Waals surface area (Å²) in [4.78, 5) is 18.2. The Morgan fingerprint density at radius 3 is 2.68 bits per heavy atom. The van der Waals surface area contributed by atoms with Crippen LogP contribution in [0, 0.1) is 5.92 Å². The minimum Gasteiger partial charge on any atom is -0.497 e. The summed E-state index contributed by atoms with van der Waals surface area (Å²) in [5.41, 5.74) is -0.597. The molecule has 3 aliphatic heterocycles. The zero-order chi connectivity index (χ0) is 24.5. The number of nitrogens with zero attached hydrogens (tertiary/aromatic N) is 3. The number of rotatable bonds is 5. The van der Waals surface area contributed by atoms with Crippen molar-refractivity contribution in [1.29, 1.82) is 0 Å². The second-order valence-electron chi connectivity index (χ2n) is 10.8. The lowest BCUT2D eigenvalue weighted by molar-refractivity contribution is -0.138. The third-order valence-corrected chi connectivity index (χ3v) is 8.20. The van der Waals surface area contributed by atoms with Gasteiger partial charge < -0.3 is 34.4 Å². The minimum atomic E-state index is -1.01. The van der Waals surface area contributed by atoms with E-state index in [1.54, 1.807) is 19.1 Å². The molecule has 0 unspecified atom stereocenters. The first-order valence-corrected chi connectivity index (χ1v) is 12.5. The van der Waals surface area contributed by atoms with E-state index in [9.17, 15) is 15.0 Å². The van der Waals surface area contributed by atoms with Crippen molar-refractivity contribution in [1.82, 2.24) is 9.80 Å². The highest BCUT2D eigenvalue weighted by Crippen LogP contribution is 2.36. The Balaban J connectivity index is 1.35. The number of methoxy groups -OCH3 is 1. The highest BCUT2D eigenvalue weighted by molar-refractivity contribution is 5.73. The van der Waals surface area contributed by atoms with Gasteiger partial charge in [-0.15, -0.1) is 0 Å². The van der Waals surface area contributed by atoms with Gasteiger partial charge in [0.05, 0.1) is 37.1 Å². The van der Waals surface area contributed by atoms with Crippen LogP contribution < -0.4 is 9.64 Å². The van der Waals surface area contributed by atoms with Crippen molar-refractivity contribution < 1.29 is 24.5 Å². The van der Waals surface area contributed by atoms with Gasteiger partial charge in [0.2, 0.25) is 5.91 Å². The fraction of sp³-hybridized carbons (Fsp3) is 0.731. The monoisotopic (exact) mass is 475 g/mol. The third kappa shape index (κ3) is 5.51. The van der Waals surface area contributed by atoms with Gasteiger partial charge in [0.15, 0.2) is 0 Å². The molecule has 3 fully saturated rings. The Morgan fingerprint density at radius 2 is 2.00 bits per heavy atom. The van der Waals surface area contributed by atoms with Gasteiger partial charge in [-0.05, 0) is 44.7 Å². The van der Waals surface area contributed by atoms with E-state index in [1.807, 2.05) is 25.1 Å². The number of anilines is 1. The largest absolute Gasteiger partial charge is 0.497 e. The average molecular weight is 476 g/mol. The molecule has 1 aromatic rings. The first-order chi connectivity index (χ1) is 16.1. The summed E-state index contributed by atoms with van der Waals surface area (Å²) >= 11 is 0. The Labute approximate surface area is 203 Å². The van der Waals surface area contributed by atoms with E-state index in [0.29, 0.717) is 32.4 Å². The molecule has 1 aromatic carbocycles. The summed E-state index contributed by atoms with van der Waals surface area (Å²) in [6.07, 6.45) is 2.97. The van der Waals surface area contributed by atoms with Crippen molar-refractivity contribution in [3.63, 3.8) is 0 Å². The number of piperidine rings is 2. The number of likely N-dealkylation sites (N-methyl/N-ethyl adjacent to an activating group) is 1. The quantitative estimate of drug-likeness (QED) is 0.671. The Kier molecular flexibility index (Phi) is 7.43. The molecule has 190 valence electrons. The lowest BCUT2D eigenvalue weighted by Crippen LogP contribution is -2.55. The van der Waals surface area contributed by atoms with Crippen LogP contribution in [0.5, 0.6) is 5.75 Å². The first kappa shape index (κ1) is 25.2. The average Bonchev–Trinajstić information content (AvgIpc) is 2.93. The molecule has 8 nitrogen and oxygen atoms in total. The number of carbonyl (C=O) groups is 1. The first-order valence-electron chi connectivity index (χ1n) is 12.5. The van der Waals surface area contributed by atoms with Crippen LogP contribution in [0.25, 0.3) is 0 Å². The molecular formula is C26H41N3O5. The summed E-state index contributed by atoms with van der Waals surface area (Å²) in [6.45, 7) is 7.62. The molecule has 0 bridgehead atoms. The molecule has 0 radical (unpaired) electrons. The Hall–Kier alpha value is -1.87. The molecule has 0 aliphatic carbocycles. The fourth-order valence-corrected chi connectivity index (χ4v) is 6.02. The van der Waals surface area contributed by atoms with Gasteiger partial charge in [0.25, 0.3) is 0 Å². The molecular weight excluding hydrogens is 434 g/mol. The van der Waals surface area contributed by atoms with Crippen LogP contribution in [-0.4, -0.2) is 103 Å². The van der Waals surface area contributed by atoms with Crippen molar-refractivity contribution >= 4 is 11.6 Å². The van der Waals surface area contributed by atoms with Gasteiger partial charge in [-0.25, -0.2) is 0 Å². The van der Waals surface area contributed by atoms with Gasteiger partial charge in [0, 0.05) is 64.4 Å². The zero-order valence-electron chi connectivity index (χ0n) is 21.1. The van der Waals surface area contributed by atoms with Gasteiger partial charge in [-0.2, -0.15) is 0 Å². The molecule has 0 spiro atoms. The van der Waals surface area contributed by atoms with E-state index in [-0.39, 0.29) is 24.0 Å². The van der Waals surface area contributed by atoms with Crippen molar-refractivity contribution in [2.45, 2.75) is 62.9 Å². The molecule has 8 heteroatoms. The van der Waals surface area contributed by atoms with E-state index in [1.165, 1.54) is 6.92 Å². The minimum absolute atomic E-state index is 0.0668. The highest BCUT2D eigenvalue weighted by atomic mass is 16.5. The smallest absolute Gasteiger partial charge is 0.219 e. The maximum atomic E-state index is 11.9. The zero-order valence-corrected chi connectivity index (χ0v) is 21.1. The van der Waals surface area contributed by atoms with Crippen LogP contribution in [0.3, 0.4) is 0 Å². The molecule has 4 rings (SSSR count). The van der Waals surface area contributed by atoms with Gasteiger partial charge in [0.1, 0.15) is 5.75 Å². The standard InChI is InChI=1S/C26H41N3O5/c1-19(30)27(3)24-17-34-23-8-11-28(16-20(23)15-25(24,2)31)18-26(32)9-12-29(13-10-26)21-6-5-7-22(14-21)33-4/h5-7,14,20,23-24,31-32H,8-13,15-18H2,1-4H3/t20-,23+,24+,25+/m0/s1. The molecule has 0 saturated carbocycles. The Bertz CT molecular complexity index is 855. The number of amides is 1. The second kappa shape index (κ2) is 10.0. The number of carbonyl (C=O) groups excluding carboxylic acids is 1. The molecule has 0 aromatic heterocycles. The van der Waals surface area contributed by atoms with Crippen molar-refractivity contribution in [3.05, 3.63) is 24.3 Å². The van der Waals surface area contributed by atoms with E-state index in [4.69, 9.17) is 9.47 Å². The van der Waals surface area contributed by atoms with Gasteiger partial charge in [-0.3, -0.25) is 4.79 Å². The fourth-order valence-electron chi connectivity index (χ4n) is 6.02. The molecule has 3 aliphatic rings. The van der Waals surface area contributed by atoms with Crippen molar-refractivity contribution in [2.24, 2.45) is 5.92 Å². The number of β-amino-alcohol motifs (C(OH)–C–C–N with tert-alkyl or cyclic N) is 1. The summed E-state index contributed by atoms with van der Waals surface area (Å²) in [7, 11) is 3.41. The number of aliphatic hydroxyl groups is 2. The highest BCUT2D eigenvalue weighted by Gasteiger charge is 2.46. The van der Waals surface area contributed by atoms with Gasteiger partial charge in [-0.1, -0.05) is 6.07 Å². The lowest BCUT2D eigenvalue weighted by Gasteiger charge is -2.45. The number of fused-ring (bicyclic) bond motifs is 1. The topological polar surface area (TPSA) is 85.7 Å². The third-order valence-electron chi connectivity index (χ3n) is 8.20. The van der Waals surface area contributed by atoms with Crippen molar-refractivity contribution in [2.75, 3.05) is 58.4 Å². The predicted molar refractivity (Wildman–Crippen MR) is 131 cm³/mol. The molecule has 3 saturated heterocycles. The van der Waals surface area contributed by atoms with Crippen LogP contribution in [0.15, 0.2) is 24.3 Å². The number of hydrogen-bond acceptors (Lipinski definition) is 7. The molecule has 4 atom stereocenters. The summed E-state index contributed by atoms with van der Waals surface area (Å²) in [6, 6.07) is 7.73. The number of likely N-dealkylation sites (tertiary alicyclic amines) is 1. The molecule has 34 heavy (non-hydrogen) atoms. The number of ether oxygens (including phenoxy) is 2. The predicted octanol–water partition coefficient (Wildman–Crippen LogP) is 1.74. The van der Waals surface area contributed by atoms with E-state index in [0.717, 1.165) is 44.0 Å². The molecule has 2 N–H and O–H groups in total.